The molecule has 1 N–H and O–H groups in total. The molecule has 0 spiro atoms. The molecule has 2 rings (SSSR count). The van der Waals surface area contributed by atoms with Crippen molar-refractivity contribution in [3.8, 4) is 0 Å². The van der Waals surface area contributed by atoms with Gasteiger partial charge in [0, 0.05) is 19.3 Å². The third kappa shape index (κ3) is 2.82. The second kappa shape index (κ2) is 5.76. The van der Waals surface area contributed by atoms with Gasteiger partial charge in [0.2, 0.25) is 0 Å². The lowest BCUT2D eigenvalue weighted by molar-refractivity contribution is -0.144. The number of rotatable bonds is 4. The minimum atomic E-state index is -3.88. The lowest BCUT2D eigenvalue weighted by Gasteiger charge is -2.35. The van der Waals surface area contributed by atoms with Gasteiger partial charge in [0.1, 0.15) is 11.9 Å². The zero-order chi connectivity index (χ0) is 15.8. The van der Waals surface area contributed by atoms with Crippen molar-refractivity contribution < 1.29 is 18.3 Å². The number of aromatic nitrogens is 2. The molecule has 0 bridgehead atoms. The molecule has 0 amide bonds. The lowest BCUT2D eigenvalue weighted by atomic mass is 9.93. The first-order valence-corrected chi connectivity index (χ1v) is 8.51. The largest absolute Gasteiger partial charge is 0.480 e. The van der Waals surface area contributed by atoms with Crippen molar-refractivity contribution in [1.29, 1.82) is 0 Å². The maximum absolute atomic E-state index is 12.7. The van der Waals surface area contributed by atoms with Crippen LogP contribution in [0.4, 0.5) is 0 Å². The molecule has 1 aliphatic heterocycles. The molecule has 1 fully saturated rings. The van der Waals surface area contributed by atoms with Crippen molar-refractivity contribution in [2.24, 2.45) is 5.92 Å². The molecule has 8 heteroatoms. The Balaban J connectivity index is 2.43. The minimum absolute atomic E-state index is 0.0674. The van der Waals surface area contributed by atoms with Crippen molar-refractivity contribution in [2.75, 3.05) is 6.54 Å². The number of hydrogen-bond donors (Lipinski definition) is 1. The minimum Gasteiger partial charge on any atom is -0.480 e. The average Bonchev–Trinajstić information content (AvgIpc) is 2.80. The molecule has 2 atom stereocenters. The number of carboxylic acids is 1. The number of hydrogen-bond acceptors (Lipinski definition) is 4. The summed E-state index contributed by atoms with van der Waals surface area (Å²) in [6.07, 6.45) is 2.85. The fraction of sp³-hybridized carbons (Fsp3) is 0.692. The first kappa shape index (κ1) is 16.0. The first-order valence-electron chi connectivity index (χ1n) is 7.07. The smallest absolute Gasteiger partial charge is 0.322 e. The standard InChI is InChI=1S/C13H21N3O4S/c1-4-15-8-11(14-10(15)3)21(19,20)16-7-5-6-9(2)12(16)13(17)18/h8-9,12H,4-7H2,1-3H3,(H,17,18). The molecule has 21 heavy (non-hydrogen) atoms. The summed E-state index contributed by atoms with van der Waals surface area (Å²) in [5.41, 5.74) is 0. The van der Waals surface area contributed by atoms with Crippen molar-refractivity contribution in [3.63, 3.8) is 0 Å². The summed E-state index contributed by atoms with van der Waals surface area (Å²) in [5.74, 6) is -0.703. The molecule has 2 unspecified atom stereocenters. The Labute approximate surface area is 124 Å². The lowest BCUT2D eigenvalue weighted by Crippen LogP contribution is -2.51. The summed E-state index contributed by atoms with van der Waals surface area (Å²) in [4.78, 5) is 15.5. The van der Waals surface area contributed by atoms with Crippen LogP contribution in [0.1, 0.15) is 32.5 Å². The Hall–Kier alpha value is -1.41. The van der Waals surface area contributed by atoms with E-state index in [1.165, 1.54) is 6.20 Å². The number of carbonyl (C=O) groups is 1. The van der Waals surface area contributed by atoms with Gasteiger partial charge in [-0.25, -0.2) is 13.4 Å². The number of piperidine rings is 1. The van der Waals surface area contributed by atoms with Gasteiger partial charge in [-0.05, 0) is 32.6 Å². The van der Waals surface area contributed by atoms with E-state index in [1.54, 1.807) is 18.4 Å². The van der Waals surface area contributed by atoms with Gasteiger partial charge in [-0.2, -0.15) is 4.31 Å². The normalized spacial score (nSPS) is 24.1. The van der Waals surface area contributed by atoms with E-state index in [1.807, 2.05) is 6.92 Å². The topological polar surface area (TPSA) is 92.5 Å². The zero-order valence-electron chi connectivity index (χ0n) is 12.5. The Morgan fingerprint density at radius 2 is 2.19 bits per heavy atom. The molecule has 0 radical (unpaired) electrons. The Morgan fingerprint density at radius 3 is 2.71 bits per heavy atom. The van der Waals surface area contributed by atoms with Crippen molar-refractivity contribution in [1.82, 2.24) is 13.9 Å². The Bertz CT molecular complexity index is 638. The number of imidazole rings is 1. The molecule has 1 saturated heterocycles. The van der Waals surface area contributed by atoms with E-state index in [-0.39, 0.29) is 17.5 Å². The number of nitrogens with zero attached hydrogens (tertiary/aromatic N) is 3. The van der Waals surface area contributed by atoms with E-state index in [4.69, 9.17) is 0 Å². The van der Waals surface area contributed by atoms with Crippen LogP contribution in [0, 0.1) is 12.8 Å². The van der Waals surface area contributed by atoms with Gasteiger partial charge in [-0.3, -0.25) is 4.79 Å². The summed E-state index contributed by atoms with van der Waals surface area (Å²) >= 11 is 0. The van der Waals surface area contributed by atoms with Crippen molar-refractivity contribution in [2.45, 2.75) is 51.2 Å². The number of sulfonamides is 1. The van der Waals surface area contributed by atoms with Crippen molar-refractivity contribution >= 4 is 16.0 Å². The predicted molar refractivity (Wildman–Crippen MR) is 76.4 cm³/mol. The third-order valence-electron chi connectivity index (χ3n) is 4.01. The highest BCUT2D eigenvalue weighted by molar-refractivity contribution is 7.89. The van der Waals surface area contributed by atoms with E-state index < -0.39 is 22.0 Å². The summed E-state index contributed by atoms with van der Waals surface area (Å²) < 4.78 is 28.3. The molecule has 1 aromatic heterocycles. The first-order chi connectivity index (χ1) is 9.78. The van der Waals surface area contributed by atoms with Gasteiger partial charge in [0.05, 0.1) is 0 Å². The third-order valence-corrected chi connectivity index (χ3v) is 5.76. The van der Waals surface area contributed by atoms with Crippen LogP contribution in [-0.2, 0) is 21.4 Å². The zero-order valence-corrected chi connectivity index (χ0v) is 13.3. The van der Waals surface area contributed by atoms with E-state index in [0.29, 0.717) is 25.2 Å². The van der Waals surface area contributed by atoms with Crippen LogP contribution in [-0.4, -0.2) is 45.9 Å². The van der Waals surface area contributed by atoms with Crippen LogP contribution in [0.5, 0.6) is 0 Å². The molecular formula is C13H21N3O4S. The van der Waals surface area contributed by atoms with E-state index in [2.05, 4.69) is 4.98 Å². The predicted octanol–water partition coefficient (Wildman–Crippen LogP) is 1.09. The summed E-state index contributed by atoms with van der Waals surface area (Å²) in [6.45, 7) is 6.25. The summed E-state index contributed by atoms with van der Waals surface area (Å²) in [5, 5.41) is 9.30. The SMILES string of the molecule is CCn1cc(S(=O)(=O)N2CCCC(C)C2C(=O)O)nc1C. The van der Waals surface area contributed by atoms with Crippen LogP contribution in [0.2, 0.25) is 0 Å². The van der Waals surface area contributed by atoms with E-state index >= 15 is 0 Å². The van der Waals surface area contributed by atoms with Crippen LogP contribution >= 0.6 is 0 Å². The summed E-state index contributed by atoms with van der Waals surface area (Å²) in [6, 6.07) is -1.02. The van der Waals surface area contributed by atoms with Gasteiger partial charge in [-0.1, -0.05) is 6.92 Å². The van der Waals surface area contributed by atoms with Crippen molar-refractivity contribution in [3.05, 3.63) is 12.0 Å². The maximum Gasteiger partial charge on any atom is 0.322 e. The second-order valence-corrected chi connectivity index (χ2v) is 7.27. The molecular weight excluding hydrogens is 294 g/mol. The molecule has 1 aliphatic rings. The Kier molecular flexibility index (Phi) is 4.38. The monoisotopic (exact) mass is 315 g/mol. The maximum atomic E-state index is 12.7. The molecule has 0 aliphatic carbocycles. The fourth-order valence-corrected chi connectivity index (χ4v) is 4.54. The number of aryl methyl sites for hydroxylation is 2. The quantitative estimate of drug-likeness (QED) is 0.897. The molecule has 118 valence electrons. The number of carboxylic acid groups (broad SMARTS) is 1. The van der Waals surface area contributed by atoms with Crippen LogP contribution < -0.4 is 0 Å². The highest BCUT2D eigenvalue weighted by Gasteiger charge is 2.42. The number of aliphatic carboxylic acids is 1. The van der Waals surface area contributed by atoms with E-state index in [0.717, 1.165) is 4.31 Å². The molecule has 1 aromatic rings. The van der Waals surface area contributed by atoms with E-state index in [9.17, 15) is 18.3 Å². The van der Waals surface area contributed by atoms with Crippen LogP contribution in [0.15, 0.2) is 11.2 Å². The van der Waals surface area contributed by atoms with Gasteiger partial charge < -0.3 is 9.67 Å². The fourth-order valence-electron chi connectivity index (χ4n) is 2.83. The summed E-state index contributed by atoms with van der Waals surface area (Å²) in [7, 11) is -3.88. The Morgan fingerprint density at radius 1 is 1.52 bits per heavy atom. The highest BCUT2D eigenvalue weighted by Crippen LogP contribution is 2.29. The van der Waals surface area contributed by atoms with Gasteiger partial charge in [0.15, 0.2) is 5.03 Å². The highest BCUT2D eigenvalue weighted by atomic mass is 32.2. The van der Waals surface area contributed by atoms with Gasteiger partial charge in [-0.15, -0.1) is 0 Å². The second-order valence-electron chi connectivity index (χ2n) is 5.43. The van der Waals surface area contributed by atoms with Crippen LogP contribution in [0.25, 0.3) is 0 Å². The molecule has 2 heterocycles. The van der Waals surface area contributed by atoms with Crippen LogP contribution in [0.3, 0.4) is 0 Å². The molecule has 0 saturated carbocycles. The average molecular weight is 315 g/mol. The molecule has 7 nitrogen and oxygen atoms in total. The molecule has 0 aromatic carbocycles. The van der Waals surface area contributed by atoms with Gasteiger partial charge in [0.25, 0.3) is 10.0 Å². The van der Waals surface area contributed by atoms with Gasteiger partial charge >= 0.3 is 5.97 Å².